The summed E-state index contributed by atoms with van der Waals surface area (Å²) >= 11 is 0. The Morgan fingerprint density at radius 1 is 1.35 bits per heavy atom. The maximum absolute atomic E-state index is 5.34. The summed E-state index contributed by atoms with van der Waals surface area (Å²) < 4.78 is 5.34. The number of nitrogens with one attached hydrogen (secondary N) is 2. The maximum atomic E-state index is 5.34. The highest BCUT2D eigenvalue weighted by molar-refractivity contribution is 5.35. The first-order valence-electron chi connectivity index (χ1n) is 5.66. The molecule has 1 atom stereocenters. The van der Waals surface area contributed by atoms with E-state index in [-0.39, 0.29) is 6.04 Å². The van der Waals surface area contributed by atoms with E-state index in [4.69, 9.17) is 4.74 Å². The molecular weight excluding hydrogens is 214 g/mol. The molecule has 0 radical (unpaired) electrons. The standard InChI is InChI=1S/C13H17N3O/c1-10(14-9-11-7-8-15-16-11)12-5-3-4-6-13(12)17-2/h3-8,10,14H,9H2,1-2H3,(H,15,16). The maximum Gasteiger partial charge on any atom is 0.123 e. The topological polar surface area (TPSA) is 49.9 Å². The van der Waals surface area contributed by atoms with Crippen LogP contribution in [0.3, 0.4) is 0 Å². The van der Waals surface area contributed by atoms with Gasteiger partial charge in [0.1, 0.15) is 5.75 Å². The van der Waals surface area contributed by atoms with Crippen molar-refractivity contribution in [1.82, 2.24) is 15.5 Å². The number of hydrogen-bond acceptors (Lipinski definition) is 3. The number of benzene rings is 1. The van der Waals surface area contributed by atoms with Crippen LogP contribution in [-0.4, -0.2) is 17.3 Å². The number of nitrogens with zero attached hydrogens (tertiary/aromatic N) is 1. The van der Waals surface area contributed by atoms with Crippen LogP contribution < -0.4 is 10.1 Å². The number of methoxy groups -OCH3 is 1. The first-order valence-corrected chi connectivity index (χ1v) is 5.66. The van der Waals surface area contributed by atoms with Crippen LogP contribution in [0.15, 0.2) is 36.5 Å². The second-order valence-electron chi connectivity index (χ2n) is 3.93. The minimum Gasteiger partial charge on any atom is -0.496 e. The third kappa shape index (κ3) is 2.85. The van der Waals surface area contributed by atoms with Crippen molar-refractivity contribution >= 4 is 0 Å². The first-order chi connectivity index (χ1) is 8.31. The summed E-state index contributed by atoms with van der Waals surface area (Å²) in [6.07, 6.45) is 1.75. The molecule has 0 spiro atoms. The van der Waals surface area contributed by atoms with Gasteiger partial charge in [0.2, 0.25) is 0 Å². The van der Waals surface area contributed by atoms with Crippen molar-refractivity contribution in [1.29, 1.82) is 0 Å². The summed E-state index contributed by atoms with van der Waals surface area (Å²) in [7, 11) is 1.69. The lowest BCUT2D eigenvalue weighted by Gasteiger charge is -2.16. The van der Waals surface area contributed by atoms with Gasteiger partial charge in [0, 0.05) is 30.0 Å². The van der Waals surface area contributed by atoms with Crippen LogP contribution in [0.25, 0.3) is 0 Å². The van der Waals surface area contributed by atoms with Crippen molar-refractivity contribution < 1.29 is 4.74 Å². The summed E-state index contributed by atoms with van der Waals surface area (Å²) in [4.78, 5) is 0. The van der Waals surface area contributed by atoms with E-state index < -0.39 is 0 Å². The molecule has 4 nitrogen and oxygen atoms in total. The zero-order valence-corrected chi connectivity index (χ0v) is 10.1. The lowest BCUT2D eigenvalue weighted by molar-refractivity contribution is 0.401. The van der Waals surface area contributed by atoms with Gasteiger partial charge < -0.3 is 10.1 Å². The second-order valence-corrected chi connectivity index (χ2v) is 3.93. The van der Waals surface area contributed by atoms with E-state index in [0.29, 0.717) is 0 Å². The van der Waals surface area contributed by atoms with Crippen molar-refractivity contribution in [2.75, 3.05) is 7.11 Å². The number of rotatable bonds is 5. The Morgan fingerprint density at radius 2 is 2.18 bits per heavy atom. The van der Waals surface area contributed by atoms with Gasteiger partial charge in [-0.2, -0.15) is 5.10 Å². The summed E-state index contributed by atoms with van der Waals surface area (Å²) in [5.74, 6) is 0.914. The van der Waals surface area contributed by atoms with Crippen molar-refractivity contribution in [2.24, 2.45) is 0 Å². The highest BCUT2D eigenvalue weighted by Crippen LogP contribution is 2.24. The molecule has 0 saturated carbocycles. The molecular formula is C13H17N3O. The summed E-state index contributed by atoms with van der Waals surface area (Å²) in [5.41, 5.74) is 2.24. The molecule has 2 aromatic rings. The predicted molar refractivity (Wildman–Crippen MR) is 66.8 cm³/mol. The van der Waals surface area contributed by atoms with E-state index >= 15 is 0 Å². The molecule has 4 heteroatoms. The van der Waals surface area contributed by atoms with Gasteiger partial charge in [-0.05, 0) is 19.1 Å². The van der Waals surface area contributed by atoms with Crippen LogP contribution in [0.2, 0.25) is 0 Å². The SMILES string of the molecule is COc1ccccc1C(C)NCc1ccn[nH]1. The van der Waals surface area contributed by atoms with Crippen LogP contribution in [0.1, 0.15) is 24.2 Å². The molecule has 0 aliphatic heterocycles. The molecule has 0 fully saturated rings. The highest BCUT2D eigenvalue weighted by Gasteiger charge is 2.10. The molecule has 1 aromatic heterocycles. The molecule has 0 amide bonds. The van der Waals surface area contributed by atoms with Crippen LogP contribution in [0, 0.1) is 0 Å². The van der Waals surface area contributed by atoms with Crippen molar-refractivity contribution in [3.05, 3.63) is 47.8 Å². The number of ether oxygens (including phenoxy) is 1. The molecule has 90 valence electrons. The average Bonchev–Trinajstić information content (AvgIpc) is 2.89. The summed E-state index contributed by atoms with van der Waals surface area (Å²) in [6, 6.07) is 10.2. The smallest absolute Gasteiger partial charge is 0.123 e. The van der Waals surface area contributed by atoms with E-state index in [1.165, 1.54) is 0 Å². The third-order valence-corrected chi connectivity index (χ3v) is 2.76. The van der Waals surface area contributed by atoms with Gasteiger partial charge in [-0.25, -0.2) is 0 Å². The molecule has 0 saturated heterocycles. The fourth-order valence-corrected chi connectivity index (χ4v) is 1.78. The summed E-state index contributed by atoms with van der Waals surface area (Å²) in [5, 5.41) is 10.3. The Balaban J connectivity index is 2.01. The van der Waals surface area contributed by atoms with E-state index in [1.54, 1.807) is 13.3 Å². The van der Waals surface area contributed by atoms with Gasteiger partial charge in [-0.1, -0.05) is 18.2 Å². The van der Waals surface area contributed by atoms with Crippen LogP contribution in [0.5, 0.6) is 5.75 Å². The first kappa shape index (κ1) is 11.7. The highest BCUT2D eigenvalue weighted by atomic mass is 16.5. The normalized spacial score (nSPS) is 12.4. The molecule has 1 unspecified atom stereocenters. The molecule has 17 heavy (non-hydrogen) atoms. The number of aromatic amines is 1. The van der Waals surface area contributed by atoms with Gasteiger partial charge in [-0.3, -0.25) is 5.10 Å². The monoisotopic (exact) mass is 231 g/mol. The number of para-hydroxylation sites is 1. The van der Waals surface area contributed by atoms with Crippen LogP contribution in [0.4, 0.5) is 0 Å². The molecule has 0 aliphatic carbocycles. The number of H-pyrrole nitrogens is 1. The van der Waals surface area contributed by atoms with E-state index in [0.717, 1.165) is 23.6 Å². The van der Waals surface area contributed by atoms with Crippen LogP contribution in [-0.2, 0) is 6.54 Å². The van der Waals surface area contributed by atoms with Gasteiger partial charge in [0.25, 0.3) is 0 Å². The Morgan fingerprint density at radius 3 is 2.88 bits per heavy atom. The van der Waals surface area contributed by atoms with Gasteiger partial charge >= 0.3 is 0 Å². The predicted octanol–water partition coefficient (Wildman–Crippen LogP) is 2.27. The molecule has 1 aromatic carbocycles. The Labute approximate surface area is 101 Å². The molecule has 0 bridgehead atoms. The Bertz CT molecular complexity index is 453. The van der Waals surface area contributed by atoms with Gasteiger partial charge in [0.05, 0.1) is 7.11 Å². The van der Waals surface area contributed by atoms with Crippen molar-refractivity contribution in [3.8, 4) is 5.75 Å². The second kappa shape index (κ2) is 5.50. The van der Waals surface area contributed by atoms with Gasteiger partial charge in [0.15, 0.2) is 0 Å². The minimum atomic E-state index is 0.231. The lowest BCUT2D eigenvalue weighted by atomic mass is 10.1. The minimum absolute atomic E-state index is 0.231. The van der Waals surface area contributed by atoms with Gasteiger partial charge in [-0.15, -0.1) is 0 Å². The van der Waals surface area contributed by atoms with E-state index in [1.807, 2.05) is 24.3 Å². The quantitative estimate of drug-likeness (QED) is 0.830. The lowest BCUT2D eigenvalue weighted by Crippen LogP contribution is -2.18. The largest absolute Gasteiger partial charge is 0.496 e. The molecule has 2 N–H and O–H groups in total. The fraction of sp³-hybridized carbons (Fsp3) is 0.308. The van der Waals surface area contributed by atoms with E-state index in [2.05, 4.69) is 28.5 Å². The number of hydrogen-bond donors (Lipinski definition) is 2. The summed E-state index contributed by atoms with van der Waals surface area (Å²) in [6.45, 7) is 2.88. The van der Waals surface area contributed by atoms with Crippen molar-refractivity contribution in [3.63, 3.8) is 0 Å². The Kier molecular flexibility index (Phi) is 3.77. The number of aromatic nitrogens is 2. The molecule has 1 heterocycles. The van der Waals surface area contributed by atoms with Crippen LogP contribution >= 0.6 is 0 Å². The fourth-order valence-electron chi connectivity index (χ4n) is 1.78. The third-order valence-electron chi connectivity index (χ3n) is 2.76. The Hall–Kier alpha value is -1.81. The zero-order chi connectivity index (χ0) is 12.1. The van der Waals surface area contributed by atoms with Crippen molar-refractivity contribution in [2.45, 2.75) is 19.5 Å². The van der Waals surface area contributed by atoms with E-state index in [9.17, 15) is 0 Å². The molecule has 2 rings (SSSR count). The zero-order valence-electron chi connectivity index (χ0n) is 10.1. The average molecular weight is 231 g/mol. The molecule has 0 aliphatic rings.